The first-order valence-electron chi connectivity index (χ1n) is 9.29. The average molecular weight is 386 g/mol. The van der Waals surface area contributed by atoms with E-state index in [1.54, 1.807) is 6.20 Å². The van der Waals surface area contributed by atoms with E-state index >= 15 is 0 Å². The number of ether oxygens (including phenoxy) is 2. The summed E-state index contributed by atoms with van der Waals surface area (Å²) in [5, 5.41) is 18.7. The standard InChI is InChI=1S/C21H18N6O2/c1-2-5-14(6-3-1)17-11-15(25-26-17)12-22-21-24-18(13-23-27-21)16-7-4-8-19-20(16)29-10-9-28-19/h1-8,11,13H,9-10,12H2,(H,25,26)(H,22,24,27). The molecule has 0 spiro atoms. The van der Waals surface area contributed by atoms with Crippen LogP contribution in [-0.2, 0) is 6.54 Å². The van der Waals surface area contributed by atoms with Crippen LogP contribution in [0.5, 0.6) is 11.5 Å². The number of benzene rings is 2. The van der Waals surface area contributed by atoms with E-state index in [0.29, 0.717) is 42.9 Å². The monoisotopic (exact) mass is 386 g/mol. The number of nitrogens with zero attached hydrogens (tertiary/aromatic N) is 4. The van der Waals surface area contributed by atoms with Crippen molar-refractivity contribution in [2.24, 2.45) is 0 Å². The zero-order chi connectivity index (χ0) is 19.5. The Labute approximate surface area is 166 Å². The van der Waals surface area contributed by atoms with Gasteiger partial charge in [-0.15, -0.1) is 5.10 Å². The van der Waals surface area contributed by atoms with Gasteiger partial charge in [-0.25, -0.2) is 4.98 Å². The Bertz CT molecular complexity index is 1130. The molecule has 0 amide bonds. The van der Waals surface area contributed by atoms with Gasteiger partial charge in [-0.2, -0.15) is 10.2 Å². The van der Waals surface area contributed by atoms with Crippen LogP contribution in [0.1, 0.15) is 5.69 Å². The Morgan fingerprint density at radius 1 is 0.966 bits per heavy atom. The molecule has 3 heterocycles. The van der Waals surface area contributed by atoms with Crippen molar-refractivity contribution in [1.82, 2.24) is 25.4 Å². The third kappa shape index (κ3) is 3.60. The molecular formula is C21H18N6O2. The molecule has 0 unspecified atom stereocenters. The lowest BCUT2D eigenvalue weighted by Crippen LogP contribution is -2.16. The van der Waals surface area contributed by atoms with Gasteiger partial charge in [-0.1, -0.05) is 36.4 Å². The molecule has 0 atom stereocenters. The summed E-state index contributed by atoms with van der Waals surface area (Å²) in [6.45, 7) is 1.55. The quantitative estimate of drug-likeness (QED) is 0.543. The summed E-state index contributed by atoms with van der Waals surface area (Å²) in [4.78, 5) is 4.58. The lowest BCUT2D eigenvalue weighted by Gasteiger charge is -2.20. The van der Waals surface area contributed by atoms with Crippen molar-refractivity contribution in [2.75, 3.05) is 18.5 Å². The first-order valence-corrected chi connectivity index (χ1v) is 9.29. The summed E-state index contributed by atoms with van der Waals surface area (Å²) < 4.78 is 11.4. The number of aromatic nitrogens is 5. The van der Waals surface area contributed by atoms with Crippen LogP contribution in [0.15, 0.2) is 60.8 Å². The summed E-state index contributed by atoms with van der Waals surface area (Å²) >= 11 is 0. The Kier molecular flexibility index (Phi) is 4.50. The van der Waals surface area contributed by atoms with Crippen LogP contribution in [-0.4, -0.2) is 38.6 Å². The zero-order valence-corrected chi connectivity index (χ0v) is 15.5. The van der Waals surface area contributed by atoms with Crippen molar-refractivity contribution in [3.8, 4) is 34.0 Å². The van der Waals surface area contributed by atoms with Crippen LogP contribution in [0.25, 0.3) is 22.5 Å². The molecule has 4 aromatic rings. The SMILES string of the molecule is c1ccc(-c2cc(CNc3nncc(-c4cccc5c4OCCO5)n3)[nH]n2)cc1. The van der Waals surface area contributed by atoms with Gasteiger partial charge in [-0.3, -0.25) is 5.10 Å². The van der Waals surface area contributed by atoms with Gasteiger partial charge in [0.25, 0.3) is 0 Å². The molecule has 0 saturated heterocycles. The number of nitrogens with one attached hydrogen (secondary N) is 2. The fraction of sp³-hybridized carbons (Fsp3) is 0.143. The molecule has 8 nitrogen and oxygen atoms in total. The molecule has 0 bridgehead atoms. The first kappa shape index (κ1) is 17.2. The number of fused-ring (bicyclic) bond motifs is 1. The molecule has 2 N–H and O–H groups in total. The van der Waals surface area contributed by atoms with Crippen LogP contribution in [0.3, 0.4) is 0 Å². The molecule has 144 valence electrons. The second-order valence-electron chi connectivity index (χ2n) is 6.49. The minimum Gasteiger partial charge on any atom is -0.486 e. The maximum absolute atomic E-state index is 5.78. The van der Waals surface area contributed by atoms with Crippen molar-refractivity contribution in [2.45, 2.75) is 6.54 Å². The van der Waals surface area contributed by atoms with E-state index in [-0.39, 0.29) is 0 Å². The largest absolute Gasteiger partial charge is 0.486 e. The van der Waals surface area contributed by atoms with E-state index in [4.69, 9.17) is 9.47 Å². The van der Waals surface area contributed by atoms with E-state index in [0.717, 1.165) is 22.5 Å². The van der Waals surface area contributed by atoms with Crippen LogP contribution in [0.4, 0.5) is 5.95 Å². The van der Waals surface area contributed by atoms with Crippen LogP contribution < -0.4 is 14.8 Å². The Hall–Kier alpha value is -3.94. The van der Waals surface area contributed by atoms with Gasteiger partial charge < -0.3 is 14.8 Å². The fourth-order valence-electron chi connectivity index (χ4n) is 3.17. The maximum atomic E-state index is 5.78. The Morgan fingerprint density at radius 3 is 2.79 bits per heavy atom. The highest BCUT2D eigenvalue weighted by atomic mass is 16.6. The van der Waals surface area contributed by atoms with Gasteiger partial charge >= 0.3 is 0 Å². The molecule has 1 aliphatic heterocycles. The van der Waals surface area contributed by atoms with Crippen molar-refractivity contribution < 1.29 is 9.47 Å². The normalized spacial score (nSPS) is 12.6. The topological polar surface area (TPSA) is 97.8 Å². The van der Waals surface area contributed by atoms with Gasteiger partial charge in [-0.05, 0) is 18.2 Å². The van der Waals surface area contributed by atoms with Crippen molar-refractivity contribution in [3.05, 3.63) is 66.5 Å². The lowest BCUT2D eigenvalue weighted by atomic mass is 10.1. The van der Waals surface area contributed by atoms with E-state index in [9.17, 15) is 0 Å². The molecule has 2 aromatic heterocycles. The van der Waals surface area contributed by atoms with Gasteiger partial charge in [0.05, 0.1) is 29.8 Å². The molecule has 8 heteroatoms. The molecule has 29 heavy (non-hydrogen) atoms. The fourth-order valence-corrected chi connectivity index (χ4v) is 3.17. The number of para-hydroxylation sites is 1. The molecular weight excluding hydrogens is 368 g/mol. The summed E-state index contributed by atoms with van der Waals surface area (Å²) in [6.07, 6.45) is 1.61. The summed E-state index contributed by atoms with van der Waals surface area (Å²) in [5.41, 5.74) is 4.37. The van der Waals surface area contributed by atoms with E-state index in [2.05, 4.69) is 30.7 Å². The maximum Gasteiger partial charge on any atom is 0.243 e. The number of anilines is 1. The highest BCUT2D eigenvalue weighted by Crippen LogP contribution is 2.38. The van der Waals surface area contributed by atoms with E-state index < -0.39 is 0 Å². The summed E-state index contributed by atoms with van der Waals surface area (Å²) in [6, 6.07) is 17.7. The summed E-state index contributed by atoms with van der Waals surface area (Å²) in [5.74, 6) is 1.83. The predicted molar refractivity (Wildman–Crippen MR) is 108 cm³/mol. The smallest absolute Gasteiger partial charge is 0.243 e. The highest BCUT2D eigenvalue weighted by Gasteiger charge is 2.18. The predicted octanol–water partition coefficient (Wildman–Crippen LogP) is 3.31. The third-order valence-electron chi connectivity index (χ3n) is 4.54. The van der Waals surface area contributed by atoms with E-state index in [1.807, 2.05) is 54.6 Å². The zero-order valence-electron chi connectivity index (χ0n) is 15.5. The minimum atomic E-state index is 0.424. The molecule has 0 radical (unpaired) electrons. The number of hydrogen-bond acceptors (Lipinski definition) is 7. The van der Waals surface area contributed by atoms with Gasteiger partial charge in [0.15, 0.2) is 11.5 Å². The number of rotatable bonds is 5. The van der Waals surface area contributed by atoms with Gasteiger partial charge in [0.2, 0.25) is 5.95 Å². The molecule has 1 aliphatic rings. The summed E-state index contributed by atoms with van der Waals surface area (Å²) in [7, 11) is 0. The second kappa shape index (κ2) is 7.59. The second-order valence-corrected chi connectivity index (χ2v) is 6.49. The lowest BCUT2D eigenvalue weighted by molar-refractivity contribution is 0.172. The third-order valence-corrected chi connectivity index (χ3v) is 4.54. The molecule has 0 fully saturated rings. The van der Waals surface area contributed by atoms with Crippen LogP contribution in [0, 0.1) is 0 Å². The first-order chi connectivity index (χ1) is 14.4. The van der Waals surface area contributed by atoms with Gasteiger partial charge in [0.1, 0.15) is 13.2 Å². The van der Waals surface area contributed by atoms with Gasteiger partial charge in [0, 0.05) is 11.1 Å². The number of aromatic amines is 1. The Balaban J connectivity index is 1.33. The number of hydrogen-bond donors (Lipinski definition) is 2. The van der Waals surface area contributed by atoms with Crippen molar-refractivity contribution >= 4 is 5.95 Å². The van der Waals surface area contributed by atoms with Crippen molar-refractivity contribution in [1.29, 1.82) is 0 Å². The van der Waals surface area contributed by atoms with E-state index in [1.165, 1.54) is 0 Å². The molecule has 5 rings (SSSR count). The van der Waals surface area contributed by atoms with Crippen LogP contribution in [0.2, 0.25) is 0 Å². The average Bonchev–Trinajstić information content (AvgIpc) is 3.27. The minimum absolute atomic E-state index is 0.424. The molecule has 2 aromatic carbocycles. The van der Waals surface area contributed by atoms with Crippen molar-refractivity contribution in [3.63, 3.8) is 0 Å². The highest BCUT2D eigenvalue weighted by molar-refractivity contribution is 5.71. The van der Waals surface area contributed by atoms with Crippen LogP contribution >= 0.6 is 0 Å². The number of H-pyrrole nitrogens is 1. The molecule has 0 aliphatic carbocycles. The Morgan fingerprint density at radius 2 is 1.86 bits per heavy atom. The molecule has 0 saturated carbocycles.